The van der Waals surface area contributed by atoms with Crippen molar-refractivity contribution in [3.8, 4) is 0 Å². The predicted octanol–water partition coefficient (Wildman–Crippen LogP) is 7.83. The molecule has 7 heteroatoms. The molecule has 0 saturated carbocycles. The van der Waals surface area contributed by atoms with Crippen molar-refractivity contribution >= 4 is 10.4 Å². The molecule has 38 heavy (non-hydrogen) atoms. The number of nitrogens with zero attached hydrogens (tertiary/aromatic N) is 2. The normalized spacial score (nSPS) is 21.7. The first-order valence-corrected chi connectivity index (χ1v) is 17.6. The fraction of sp³-hybridized carbons (Fsp3) is 1.00. The summed E-state index contributed by atoms with van der Waals surface area (Å²) in [5, 5.41) is 0. The van der Waals surface area contributed by atoms with E-state index in [4.69, 9.17) is 0 Å². The second-order valence-electron chi connectivity index (χ2n) is 12.5. The number of piperazine rings is 1. The number of unbranched alkanes of at least 4 members (excludes halogenated alkanes) is 18. The molecule has 0 spiro atoms. The van der Waals surface area contributed by atoms with Crippen LogP contribution in [0.5, 0.6) is 0 Å². The van der Waals surface area contributed by atoms with E-state index in [1.165, 1.54) is 177 Å². The third-order valence-electron chi connectivity index (χ3n) is 8.67. The number of rotatable bonds is 23. The highest BCUT2D eigenvalue weighted by molar-refractivity contribution is 7.80. The first kappa shape index (κ1) is 37.8. The van der Waals surface area contributed by atoms with Crippen LogP contribution in [-0.4, -0.2) is 82.4 Å². The maximum Gasteiger partial charge on any atom is 0.217 e. The summed E-state index contributed by atoms with van der Waals surface area (Å²) >= 11 is 0. The summed E-state index contributed by atoms with van der Waals surface area (Å²) in [6.07, 6.45) is 29.1. The minimum absolute atomic E-state index is 0.808. The minimum Gasteiger partial charge on any atom is -0.726 e. The van der Waals surface area contributed by atoms with Gasteiger partial charge in [0.1, 0.15) is 26.2 Å². The summed E-state index contributed by atoms with van der Waals surface area (Å²) in [4.78, 5) is 0. The molecule has 0 aliphatic carbocycles. The highest BCUT2D eigenvalue weighted by atomic mass is 32.3. The molecule has 1 aliphatic heterocycles. The predicted molar refractivity (Wildman–Crippen MR) is 162 cm³/mol. The van der Waals surface area contributed by atoms with E-state index >= 15 is 0 Å². The molecular formula is C31H67N2O4S+. The topological polar surface area (TPSA) is 66.4 Å². The van der Waals surface area contributed by atoms with Crippen molar-refractivity contribution < 1.29 is 26.1 Å². The Kier molecular flexibility index (Phi) is 23.4. The van der Waals surface area contributed by atoms with Gasteiger partial charge in [0.2, 0.25) is 10.4 Å². The lowest BCUT2D eigenvalue weighted by atomic mass is 10.1. The van der Waals surface area contributed by atoms with Gasteiger partial charge in [-0.2, -0.15) is 0 Å². The third kappa shape index (κ3) is 23.7. The molecule has 1 saturated heterocycles. The second-order valence-corrected chi connectivity index (χ2v) is 13.7. The lowest BCUT2D eigenvalue weighted by Gasteiger charge is -2.46. The standard InChI is InChI=1S/C30H64N2.CH4O4S/c1-5-7-9-11-13-15-17-19-21-23-25-31(3)27-29-32(4,30-28-31)26-24-22-20-18-16-14-12-10-8-6-2;1-5-6(2,3)4/h5-30H2,1-4H3;1H3,(H,2,3,4)/q+2;/p-1. The average molecular weight is 564 g/mol. The molecule has 0 radical (unpaired) electrons. The molecule has 0 aromatic rings. The van der Waals surface area contributed by atoms with Crippen LogP contribution in [0, 0.1) is 0 Å². The Labute approximate surface area is 239 Å². The summed E-state index contributed by atoms with van der Waals surface area (Å²) in [5.74, 6) is 0. The Morgan fingerprint density at radius 2 is 0.737 bits per heavy atom. The Balaban J connectivity index is 0.00000203. The van der Waals surface area contributed by atoms with Gasteiger partial charge in [-0.05, 0) is 25.7 Å². The molecule has 1 aliphatic rings. The van der Waals surface area contributed by atoms with Crippen LogP contribution in [-0.2, 0) is 14.6 Å². The SMILES string of the molecule is CCCCCCCCCCCC[N+]1(C)CC[N+](C)(CCCCCCCCCCCC)CC1.COS(=O)(=O)[O-]. The van der Waals surface area contributed by atoms with Crippen molar-refractivity contribution in [2.24, 2.45) is 0 Å². The fourth-order valence-electron chi connectivity index (χ4n) is 5.60. The summed E-state index contributed by atoms with van der Waals surface area (Å²) in [7, 11) is 1.47. The van der Waals surface area contributed by atoms with Crippen LogP contribution in [0.25, 0.3) is 0 Å². The van der Waals surface area contributed by atoms with Crippen molar-refractivity contribution in [3.63, 3.8) is 0 Å². The van der Waals surface area contributed by atoms with Crippen LogP contribution in [0.2, 0.25) is 0 Å². The van der Waals surface area contributed by atoms with E-state index in [0.717, 1.165) is 7.11 Å². The van der Waals surface area contributed by atoms with E-state index in [0.29, 0.717) is 0 Å². The van der Waals surface area contributed by atoms with Crippen LogP contribution in [0.15, 0.2) is 0 Å². The van der Waals surface area contributed by atoms with Crippen molar-refractivity contribution in [2.45, 2.75) is 142 Å². The van der Waals surface area contributed by atoms with Crippen molar-refractivity contribution in [3.05, 3.63) is 0 Å². The Morgan fingerprint density at radius 1 is 0.526 bits per heavy atom. The van der Waals surface area contributed by atoms with E-state index in [1.54, 1.807) is 0 Å². The van der Waals surface area contributed by atoms with Crippen LogP contribution in [0.3, 0.4) is 0 Å². The first-order valence-electron chi connectivity index (χ1n) is 16.3. The van der Waals surface area contributed by atoms with Gasteiger partial charge in [0.25, 0.3) is 0 Å². The van der Waals surface area contributed by atoms with Gasteiger partial charge in [-0.1, -0.05) is 117 Å². The van der Waals surface area contributed by atoms with E-state index in [9.17, 15) is 13.0 Å². The Morgan fingerprint density at radius 3 is 0.947 bits per heavy atom. The van der Waals surface area contributed by atoms with E-state index in [1.807, 2.05) is 0 Å². The van der Waals surface area contributed by atoms with Crippen LogP contribution in [0.4, 0.5) is 0 Å². The summed E-state index contributed by atoms with van der Waals surface area (Å²) in [5.41, 5.74) is 0. The second kappa shape index (κ2) is 23.5. The minimum atomic E-state index is -4.41. The van der Waals surface area contributed by atoms with E-state index in [2.05, 4.69) is 32.1 Å². The molecule has 0 atom stereocenters. The molecule has 0 aromatic heterocycles. The molecule has 0 amide bonds. The lowest BCUT2D eigenvalue weighted by Crippen LogP contribution is -2.64. The third-order valence-corrected chi connectivity index (χ3v) is 9.07. The highest BCUT2D eigenvalue weighted by Crippen LogP contribution is 2.20. The van der Waals surface area contributed by atoms with Gasteiger partial charge in [0.15, 0.2) is 0 Å². The highest BCUT2D eigenvalue weighted by Gasteiger charge is 2.36. The zero-order valence-electron chi connectivity index (χ0n) is 26.3. The zero-order valence-corrected chi connectivity index (χ0v) is 27.1. The number of hydrogen-bond donors (Lipinski definition) is 0. The molecule has 0 N–H and O–H groups in total. The first-order chi connectivity index (χ1) is 18.1. The molecule has 230 valence electrons. The van der Waals surface area contributed by atoms with Gasteiger partial charge in [-0.15, -0.1) is 0 Å². The molecule has 1 heterocycles. The lowest BCUT2D eigenvalue weighted by molar-refractivity contribution is -1.02. The van der Waals surface area contributed by atoms with Gasteiger partial charge in [-0.3, -0.25) is 4.18 Å². The quantitative estimate of drug-likeness (QED) is 0.0550. The molecule has 1 rings (SSSR count). The van der Waals surface area contributed by atoms with Crippen molar-refractivity contribution in [2.75, 3.05) is 60.5 Å². The van der Waals surface area contributed by atoms with Crippen LogP contribution in [0.1, 0.15) is 142 Å². The average Bonchev–Trinajstić information content (AvgIpc) is 2.88. The van der Waals surface area contributed by atoms with Crippen LogP contribution >= 0.6 is 0 Å². The van der Waals surface area contributed by atoms with Gasteiger partial charge in [0.05, 0.1) is 34.3 Å². The number of hydrogen-bond acceptors (Lipinski definition) is 4. The molecule has 1 fully saturated rings. The van der Waals surface area contributed by atoms with Gasteiger partial charge in [-0.25, -0.2) is 8.42 Å². The molecule has 0 unspecified atom stereocenters. The Hall–Kier alpha value is -0.210. The monoisotopic (exact) mass is 563 g/mol. The Bertz CT molecular complexity index is 581. The van der Waals surface area contributed by atoms with E-state index < -0.39 is 10.4 Å². The molecule has 0 aromatic carbocycles. The largest absolute Gasteiger partial charge is 0.726 e. The smallest absolute Gasteiger partial charge is 0.217 e. The van der Waals surface area contributed by atoms with E-state index in [-0.39, 0.29) is 0 Å². The van der Waals surface area contributed by atoms with Gasteiger partial charge < -0.3 is 13.5 Å². The van der Waals surface area contributed by atoms with Gasteiger partial charge in [0, 0.05) is 0 Å². The molecular weight excluding hydrogens is 496 g/mol. The summed E-state index contributed by atoms with van der Waals surface area (Å²) in [6, 6.07) is 0. The molecule has 0 bridgehead atoms. The van der Waals surface area contributed by atoms with Crippen molar-refractivity contribution in [1.29, 1.82) is 0 Å². The fourth-order valence-corrected chi connectivity index (χ4v) is 5.60. The van der Waals surface area contributed by atoms with Gasteiger partial charge >= 0.3 is 0 Å². The summed E-state index contributed by atoms with van der Waals surface area (Å²) in [6.45, 7) is 13.1. The zero-order chi connectivity index (χ0) is 28.6. The molecule has 6 nitrogen and oxygen atoms in total. The van der Waals surface area contributed by atoms with Crippen molar-refractivity contribution in [1.82, 2.24) is 0 Å². The summed E-state index contributed by atoms with van der Waals surface area (Å²) < 4.78 is 33.7. The maximum atomic E-state index is 9.22. The maximum absolute atomic E-state index is 9.22. The number of quaternary nitrogens is 2. The van der Waals surface area contributed by atoms with Crippen LogP contribution < -0.4 is 0 Å². The number of likely N-dealkylation sites (N-methyl/N-ethyl adjacent to an activating group) is 2.